The zero-order valence-corrected chi connectivity index (χ0v) is 12.8. The lowest BCUT2D eigenvalue weighted by Crippen LogP contribution is -2.25. The van der Waals surface area contributed by atoms with E-state index in [1.807, 2.05) is 26.8 Å². The summed E-state index contributed by atoms with van der Waals surface area (Å²) in [5.41, 5.74) is 3.11. The number of aryl methyl sites for hydroxylation is 2. The monoisotopic (exact) mass is 289 g/mol. The third kappa shape index (κ3) is 3.36. The van der Waals surface area contributed by atoms with Crippen LogP contribution in [0.3, 0.4) is 0 Å². The van der Waals surface area contributed by atoms with Gasteiger partial charge in [0.15, 0.2) is 0 Å². The lowest BCUT2D eigenvalue weighted by molar-refractivity contribution is 0.394. The molecule has 2 aromatic rings. The molecule has 0 saturated heterocycles. The molecular formula is C16H20FN3O. The van der Waals surface area contributed by atoms with Crippen LogP contribution >= 0.6 is 0 Å². The predicted octanol–water partition coefficient (Wildman–Crippen LogP) is 2.94. The van der Waals surface area contributed by atoms with Crippen LogP contribution in [-0.2, 0) is 0 Å². The molecule has 0 saturated carbocycles. The summed E-state index contributed by atoms with van der Waals surface area (Å²) in [5.74, 6) is 0.240. The Hall–Kier alpha value is -2.01. The van der Waals surface area contributed by atoms with Gasteiger partial charge in [0.1, 0.15) is 12.1 Å². The minimum absolute atomic E-state index is 0.226. The molecule has 0 spiro atoms. The summed E-state index contributed by atoms with van der Waals surface area (Å²) in [5, 5.41) is 3.28. The Kier molecular flexibility index (Phi) is 4.85. The van der Waals surface area contributed by atoms with Gasteiger partial charge in [0.25, 0.3) is 0 Å². The van der Waals surface area contributed by atoms with Crippen LogP contribution in [-0.4, -0.2) is 23.6 Å². The van der Waals surface area contributed by atoms with Gasteiger partial charge in [-0.05, 0) is 37.6 Å². The van der Waals surface area contributed by atoms with Gasteiger partial charge in [-0.25, -0.2) is 14.4 Å². The summed E-state index contributed by atoms with van der Waals surface area (Å²) in [6.07, 6.45) is 1.43. The molecular weight excluding hydrogens is 269 g/mol. The van der Waals surface area contributed by atoms with Crippen LogP contribution in [0.4, 0.5) is 4.39 Å². The molecule has 1 aromatic carbocycles. The highest BCUT2D eigenvalue weighted by molar-refractivity contribution is 5.38. The average Bonchev–Trinajstić information content (AvgIpc) is 2.45. The standard InChI is InChI=1S/C16H20FN3O/c1-5-18-16(13-8-14(21-4)20-9-19-13)15-11(3)6-10(2)7-12(15)17/h6-9,16,18H,5H2,1-4H3. The first kappa shape index (κ1) is 15.4. The Bertz CT molecular complexity index is 608. The van der Waals surface area contributed by atoms with Crippen LogP contribution in [0.5, 0.6) is 5.88 Å². The molecule has 0 amide bonds. The minimum Gasteiger partial charge on any atom is -0.481 e. The maximum absolute atomic E-state index is 14.4. The molecule has 112 valence electrons. The van der Waals surface area contributed by atoms with Crippen molar-refractivity contribution in [3.8, 4) is 5.88 Å². The SMILES string of the molecule is CCNC(c1cc(OC)ncn1)c1c(C)cc(C)cc1F. The number of nitrogens with one attached hydrogen (secondary N) is 1. The second kappa shape index (κ2) is 6.63. The summed E-state index contributed by atoms with van der Waals surface area (Å²) >= 11 is 0. The van der Waals surface area contributed by atoms with Crippen LogP contribution in [0.2, 0.25) is 0 Å². The van der Waals surface area contributed by atoms with Gasteiger partial charge in [-0.2, -0.15) is 0 Å². The van der Waals surface area contributed by atoms with Crippen molar-refractivity contribution in [2.75, 3.05) is 13.7 Å². The fraction of sp³-hybridized carbons (Fsp3) is 0.375. The summed E-state index contributed by atoms with van der Waals surface area (Å²) in [4.78, 5) is 8.27. The lowest BCUT2D eigenvalue weighted by Gasteiger charge is -2.21. The number of aromatic nitrogens is 2. The first-order valence-corrected chi connectivity index (χ1v) is 6.92. The number of nitrogens with zero attached hydrogens (tertiary/aromatic N) is 2. The smallest absolute Gasteiger partial charge is 0.216 e. The zero-order chi connectivity index (χ0) is 15.4. The van der Waals surface area contributed by atoms with E-state index in [2.05, 4.69) is 15.3 Å². The number of rotatable bonds is 5. The van der Waals surface area contributed by atoms with Crippen molar-refractivity contribution < 1.29 is 9.13 Å². The van der Waals surface area contributed by atoms with Gasteiger partial charge >= 0.3 is 0 Å². The van der Waals surface area contributed by atoms with Gasteiger partial charge < -0.3 is 10.1 Å². The van der Waals surface area contributed by atoms with Crippen LogP contribution in [0.25, 0.3) is 0 Å². The lowest BCUT2D eigenvalue weighted by atomic mass is 9.96. The molecule has 1 heterocycles. The summed E-state index contributed by atoms with van der Waals surface area (Å²) in [7, 11) is 1.55. The van der Waals surface area contributed by atoms with E-state index in [0.717, 1.165) is 11.1 Å². The van der Waals surface area contributed by atoms with Gasteiger partial charge in [-0.15, -0.1) is 0 Å². The molecule has 1 N–H and O–H groups in total. The fourth-order valence-electron chi connectivity index (χ4n) is 2.47. The van der Waals surface area contributed by atoms with Crippen molar-refractivity contribution in [1.29, 1.82) is 0 Å². The van der Waals surface area contributed by atoms with E-state index in [4.69, 9.17) is 4.74 Å². The largest absolute Gasteiger partial charge is 0.481 e. The Morgan fingerprint density at radius 2 is 2.00 bits per heavy atom. The number of hydrogen-bond acceptors (Lipinski definition) is 4. The van der Waals surface area contributed by atoms with Crippen LogP contribution < -0.4 is 10.1 Å². The molecule has 0 bridgehead atoms. The molecule has 0 aliphatic carbocycles. The van der Waals surface area contributed by atoms with E-state index in [1.165, 1.54) is 6.33 Å². The highest BCUT2D eigenvalue weighted by atomic mass is 19.1. The molecule has 5 heteroatoms. The molecule has 4 nitrogen and oxygen atoms in total. The normalized spacial score (nSPS) is 12.2. The Balaban J connectivity index is 2.53. The van der Waals surface area contributed by atoms with Gasteiger partial charge in [0.2, 0.25) is 5.88 Å². The van der Waals surface area contributed by atoms with E-state index in [0.29, 0.717) is 23.7 Å². The molecule has 2 rings (SSSR count). The number of ether oxygens (including phenoxy) is 1. The Labute approximate surface area is 124 Å². The van der Waals surface area contributed by atoms with Crippen molar-refractivity contribution in [1.82, 2.24) is 15.3 Å². The second-order valence-corrected chi connectivity index (χ2v) is 4.95. The Morgan fingerprint density at radius 3 is 2.62 bits per heavy atom. The molecule has 0 aliphatic rings. The zero-order valence-electron chi connectivity index (χ0n) is 12.8. The quantitative estimate of drug-likeness (QED) is 0.919. The first-order chi connectivity index (χ1) is 10.1. The number of hydrogen-bond donors (Lipinski definition) is 1. The van der Waals surface area contributed by atoms with E-state index < -0.39 is 0 Å². The van der Waals surface area contributed by atoms with Crippen molar-refractivity contribution in [2.45, 2.75) is 26.8 Å². The highest BCUT2D eigenvalue weighted by Crippen LogP contribution is 2.28. The highest BCUT2D eigenvalue weighted by Gasteiger charge is 2.21. The van der Waals surface area contributed by atoms with Crippen molar-refractivity contribution in [3.63, 3.8) is 0 Å². The van der Waals surface area contributed by atoms with Gasteiger partial charge in [-0.1, -0.05) is 13.0 Å². The fourth-order valence-corrected chi connectivity index (χ4v) is 2.47. The van der Waals surface area contributed by atoms with Crippen molar-refractivity contribution in [3.05, 3.63) is 52.7 Å². The predicted molar refractivity (Wildman–Crippen MR) is 80.0 cm³/mol. The van der Waals surface area contributed by atoms with Gasteiger partial charge in [0, 0.05) is 11.6 Å². The van der Waals surface area contributed by atoms with E-state index >= 15 is 0 Å². The van der Waals surface area contributed by atoms with Crippen LogP contribution in [0.15, 0.2) is 24.5 Å². The minimum atomic E-state index is -0.326. The topological polar surface area (TPSA) is 47.0 Å². The maximum Gasteiger partial charge on any atom is 0.216 e. The molecule has 0 radical (unpaired) electrons. The van der Waals surface area contributed by atoms with Gasteiger partial charge in [-0.3, -0.25) is 0 Å². The van der Waals surface area contributed by atoms with Crippen molar-refractivity contribution >= 4 is 0 Å². The summed E-state index contributed by atoms with van der Waals surface area (Å²) in [6, 6.07) is 4.92. The number of methoxy groups -OCH3 is 1. The first-order valence-electron chi connectivity index (χ1n) is 6.92. The van der Waals surface area contributed by atoms with Gasteiger partial charge in [0.05, 0.1) is 18.8 Å². The van der Waals surface area contributed by atoms with E-state index in [1.54, 1.807) is 19.2 Å². The van der Waals surface area contributed by atoms with Crippen LogP contribution in [0.1, 0.15) is 35.3 Å². The van der Waals surface area contributed by atoms with E-state index in [-0.39, 0.29) is 11.9 Å². The molecule has 0 aliphatic heterocycles. The summed E-state index contributed by atoms with van der Waals surface area (Å²) in [6.45, 7) is 6.47. The molecule has 1 unspecified atom stereocenters. The molecule has 1 atom stereocenters. The molecule has 21 heavy (non-hydrogen) atoms. The third-order valence-electron chi connectivity index (χ3n) is 3.35. The number of halogens is 1. The molecule has 1 aromatic heterocycles. The number of benzene rings is 1. The third-order valence-corrected chi connectivity index (χ3v) is 3.35. The van der Waals surface area contributed by atoms with Crippen LogP contribution in [0, 0.1) is 19.7 Å². The average molecular weight is 289 g/mol. The molecule has 0 fully saturated rings. The van der Waals surface area contributed by atoms with Crippen molar-refractivity contribution in [2.24, 2.45) is 0 Å². The second-order valence-electron chi connectivity index (χ2n) is 4.95. The Morgan fingerprint density at radius 1 is 1.24 bits per heavy atom. The summed E-state index contributed by atoms with van der Waals surface area (Å²) < 4.78 is 19.6. The van der Waals surface area contributed by atoms with E-state index in [9.17, 15) is 4.39 Å². The maximum atomic E-state index is 14.4.